The molecule has 1 aliphatic heterocycles. The molecule has 0 radical (unpaired) electrons. The second kappa shape index (κ2) is 5.81. The van der Waals surface area contributed by atoms with Gasteiger partial charge in [-0.05, 0) is 36.8 Å². The lowest BCUT2D eigenvalue weighted by Crippen LogP contribution is -2.33. The van der Waals surface area contributed by atoms with Crippen molar-refractivity contribution in [1.29, 1.82) is 0 Å². The summed E-state index contributed by atoms with van der Waals surface area (Å²) in [7, 11) is 0. The van der Waals surface area contributed by atoms with E-state index < -0.39 is 5.91 Å². The number of aromatic nitrogens is 1. The SMILES string of the molecule is NC(=O)c1oc2ncccc2c1NC(=O)N1CC2CCCCC2C1. The monoisotopic (exact) mass is 328 g/mol. The summed E-state index contributed by atoms with van der Waals surface area (Å²) in [4.78, 5) is 30.2. The van der Waals surface area contributed by atoms with E-state index in [-0.39, 0.29) is 17.5 Å². The summed E-state index contributed by atoms with van der Waals surface area (Å²) in [5, 5.41) is 3.40. The Morgan fingerprint density at radius 2 is 1.96 bits per heavy atom. The van der Waals surface area contributed by atoms with Crippen LogP contribution < -0.4 is 11.1 Å². The molecule has 2 fully saturated rings. The number of rotatable bonds is 2. The van der Waals surface area contributed by atoms with Crippen molar-refractivity contribution in [2.75, 3.05) is 18.4 Å². The molecule has 0 aromatic carbocycles. The fraction of sp³-hybridized carbons (Fsp3) is 0.471. The molecule has 0 bridgehead atoms. The average molecular weight is 328 g/mol. The standard InChI is InChI=1S/C17H20N4O3/c18-15(22)14-13(12-6-3-7-19-16(12)24-14)20-17(23)21-8-10-4-1-2-5-11(10)9-21/h3,6-7,10-11H,1-2,4-5,8-9H2,(H2,18,22)(H,20,23). The summed E-state index contributed by atoms with van der Waals surface area (Å²) in [6.45, 7) is 1.55. The van der Waals surface area contributed by atoms with Crippen LogP contribution in [0, 0.1) is 11.8 Å². The van der Waals surface area contributed by atoms with E-state index in [1.165, 1.54) is 25.7 Å². The molecule has 2 aliphatic rings. The molecule has 3 heterocycles. The maximum atomic E-state index is 12.7. The number of nitrogens with one attached hydrogen (secondary N) is 1. The molecule has 1 saturated heterocycles. The van der Waals surface area contributed by atoms with Gasteiger partial charge in [0.05, 0.1) is 5.39 Å². The zero-order chi connectivity index (χ0) is 16.7. The molecular weight excluding hydrogens is 308 g/mol. The van der Waals surface area contributed by atoms with Crippen molar-refractivity contribution in [2.24, 2.45) is 17.6 Å². The van der Waals surface area contributed by atoms with Crippen LogP contribution in [0.25, 0.3) is 11.1 Å². The lowest BCUT2D eigenvalue weighted by atomic mass is 9.82. The smallest absolute Gasteiger partial charge is 0.321 e. The third-order valence-electron chi connectivity index (χ3n) is 5.19. The lowest BCUT2D eigenvalue weighted by molar-refractivity contribution is 0.0977. The topological polar surface area (TPSA) is 101 Å². The van der Waals surface area contributed by atoms with Gasteiger partial charge in [-0.2, -0.15) is 0 Å². The van der Waals surface area contributed by atoms with Crippen LogP contribution in [0.15, 0.2) is 22.7 Å². The first-order valence-electron chi connectivity index (χ1n) is 8.36. The molecule has 2 atom stereocenters. The number of nitrogens with zero attached hydrogens (tertiary/aromatic N) is 2. The van der Waals surface area contributed by atoms with Gasteiger partial charge in [0.1, 0.15) is 5.69 Å². The third-order valence-corrected chi connectivity index (χ3v) is 5.19. The lowest BCUT2D eigenvalue weighted by Gasteiger charge is -2.22. The molecule has 2 aromatic rings. The van der Waals surface area contributed by atoms with Gasteiger partial charge in [-0.1, -0.05) is 12.8 Å². The van der Waals surface area contributed by atoms with Gasteiger partial charge in [0.25, 0.3) is 5.91 Å². The number of urea groups is 1. The fourth-order valence-corrected chi connectivity index (χ4v) is 3.99. The largest absolute Gasteiger partial charge is 0.430 e. The van der Waals surface area contributed by atoms with Crippen LogP contribution in [0.4, 0.5) is 10.5 Å². The third kappa shape index (κ3) is 2.50. The molecule has 24 heavy (non-hydrogen) atoms. The van der Waals surface area contributed by atoms with Crippen molar-refractivity contribution in [3.05, 3.63) is 24.1 Å². The van der Waals surface area contributed by atoms with Gasteiger partial charge in [0.2, 0.25) is 11.5 Å². The Bertz CT molecular complexity index is 786. The maximum absolute atomic E-state index is 12.7. The summed E-state index contributed by atoms with van der Waals surface area (Å²) >= 11 is 0. The Morgan fingerprint density at radius 3 is 2.62 bits per heavy atom. The van der Waals surface area contributed by atoms with E-state index in [1.54, 1.807) is 18.3 Å². The molecule has 2 unspecified atom stereocenters. The first-order chi connectivity index (χ1) is 11.6. The Kier molecular flexibility index (Phi) is 3.63. The minimum atomic E-state index is -0.724. The normalized spacial score (nSPS) is 23.2. The number of hydrogen-bond acceptors (Lipinski definition) is 4. The molecule has 7 nitrogen and oxygen atoms in total. The Balaban J connectivity index is 1.59. The number of pyridine rings is 1. The van der Waals surface area contributed by atoms with Gasteiger partial charge in [-0.15, -0.1) is 0 Å². The molecule has 4 rings (SSSR count). The summed E-state index contributed by atoms with van der Waals surface area (Å²) in [6.07, 6.45) is 6.45. The van der Waals surface area contributed by atoms with Crippen molar-refractivity contribution in [3.8, 4) is 0 Å². The van der Waals surface area contributed by atoms with Crippen LogP contribution in [0.1, 0.15) is 36.2 Å². The maximum Gasteiger partial charge on any atom is 0.321 e. The molecule has 126 valence electrons. The van der Waals surface area contributed by atoms with Crippen molar-refractivity contribution < 1.29 is 14.0 Å². The highest BCUT2D eigenvalue weighted by atomic mass is 16.4. The number of fused-ring (bicyclic) bond motifs is 2. The number of hydrogen-bond donors (Lipinski definition) is 2. The van der Waals surface area contributed by atoms with Crippen LogP contribution in [0.5, 0.6) is 0 Å². The quantitative estimate of drug-likeness (QED) is 0.884. The number of likely N-dealkylation sites (tertiary alicyclic amines) is 1. The zero-order valence-electron chi connectivity index (χ0n) is 13.3. The van der Waals surface area contributed by atoms with E-state index in [9.17, 15) is 9.59 Å². The number of amides is 3. The van der Waals surface area contributed by atoms with Gasteiger partial charge < -0.3 is 20.4 Å². The number of anilines is 1. The first kappa shape index (κ1) is 15.0. The Morgan fingerprint density at radius 1 is 1.25 bits per heavy atom. The Labute approximate surface area is 139 Å². The van der Waals surface area contributed by atoms with E-state index in [2.05, 4.69) is 10.3 Å². The molecule has 3 N–H and O–H groups in total. The van der Waals surface area contributed by atoms with E-state index in [0.717, 1.165) is 13.1 Å². The van der Waals surface area contributed by atoms with Crippen molar-refractivity contribution >= 4 is 28.7 Å². The molecule has 0 spiro atoms. The number of furan rings is 1. The minimum absolute atomic E-state index is 0.0614. The van der Waals surface area contributed by atoms with E-state index >= 15 is 0 Å². The molecule has 1 aliphatic carbocycles. The van der Waals surface area contributed by atoms with E-state index in [0.29, 0.717) is 22.9 Å². The van der Waals surface area contributed by atoms with Crippen molar-refractivity contribution in [2.45, 2.75) is 25.7 Å². The predicted molar refractivity (Wildman–Crippen MR) is 88.6 cm³/mol. The molecule has 3 amide bonds. The van der Waals surface area contributed by atoms with Gasteiger partial charge in [0, 0.05) is 19.3 Å². The minimum Gasteiger partial charge on any atom is -0.430 e. The second-order valence-electron chi connectivity index (χ2n) is 6.67. The fourth-order valence-electron chi connectivity index (χ4n) is 3.99. The van der Waals surface area contributed by atoms with E-state index in [1.807, 2.05) is 4.90 Å². The molecule has 1 saturated carbocycles. The van der Waals surface area contributed by atoms with Gasteiger partial charge in [-0.3, -0.25) is 4.79 Å². The number of carbonyl (C=O) groups excluding carboxylic acids is 2. The van der Waals surface area contributed by atoms with Gasteiger partial charge in [-0.25, -0.2) is 9.78 Å². The zero-order valence-corrected chi connectivity index (χ0v) is 13.3. The summed E-state index contributed by atoms with van der Waals surface area (Å²) < 4.78 is 5.40. The van der Waals surface area contributed by atoms with Crippen LogP contribution in [-0.4, -0.2) is 34.9 Å². The van der Waals surface area contributed by atoms with Crippen LogP contribution in [0.3, 0.4) is 0 Å². The van der Waals surface area contributed by atoms with Crippen LogP contribution >= 0.6 is 0 Å². The highest BCUT2D eigenvalue weighted by molar-refractivity contribution is 6.09. The number of carbonyl (C=O) groups is 2. The van der Waals surface area contributed by atoms with Crippen molar-refractivity contribution in [1.82, 2.24) is 9.88 Å². The number of nitrogens with two attached hydrogens (primary N) is 1. The van der Waals surface area contributed by atoms with Crippen molar-refractivity contribution in [3.63, 3.8) is 0 Å². The summed E-state index contributed by atoms with van der Waals surface area (Å²) in [6, 6.07) is 3.26. The predicted octanol–water partition coefficient (Wildman–Crippen LogP) is 2.58. The Hall–Kier alpha value is -2.57. The van der Waals surface area contributed by atoms with E-state index in [4.69, 9.17) is 10.2 Å². The van der Waals surface area contributed by atoms with Gasteiger partial charge in [0.15, 0.2) is 0 Å². The number of primary amides is 1. The molecule has 7 heteroatoms. The average Bonchev–Trinajstić information content (AvgIpc) is 3.17. The molecular formula is C17H20N4O3. The molecule has 2 aromatic heterocycles. The first-order valence-corrected chi connectivity index (χ1v) is 8.36. The second-order valence-corrected chi connectivity index (χ2v) is 6.67. The summed E-state index contributed by atoms with van der Waals surface area (Å²) in [5.41, 5.74) is 5.98. The van der Waals surface area contributed by atoms with Gasteiger partial charge >= 0.3 is 6.03 Å². The van der Waals surface area contributed by atoms with Crippen LogP contribution in [-0.2, 0) is 0 Å². The summed E-state index contributed by atoms with van der Waals surface area (Å²) in [5.74, 6) is 0.415. The highest BCUT2D eigenvalue weighted by Gasteiger charge is 2.37. The van der Waals surface area contributed by atoms with Crippen LogP contribution in [0.2, 0.25) is 0 Å². The highest BCUT2D eigenvalue weighted by Crippen LogP contribution is 2.36.